The van der Waals surface area contributed by atoms with Gasteiger partial charge in [-0.1, -0.05) is 17.7 Å². The number of aliphatic hydroxyl groups is 1. The molecule has 3 aromatic carbocycles. The fourth-order valence-electron chi connectivity index (χ4n) is 3.30. The van der Waals surface area contributed by atoms with Gasteiger partial charge in [-0.05, 0) is 67.6 Å². The van der Waals surface area contributed by atoms with Crippen molar-refractivity contribution in [2.75, 3.05) is 13.2 Å². The molecule has 0 saturated carbocycles. The normalized spacial score (nSPS) is 12.2. The first-order chi connectivity index (χ1) is 17.2. The maximum absolute atomic E-state index is 12.6. The number of alkyl halides is 3. The van der Waals surface area contributed by atoms with Crippen LogP contribution in [0.5, 0.6) is 5.75 Å². The zero-order valence-corrected chi connectivity index (χ0v) is 19.1. The van der Waals surface area contributed by atoms with Crippen LogP contribution >= 0.6 is 0 Å². The molecule has 4 aromatic rings. The van der Waals surface area contributed by atoms with Crippen molar-refractivity contribution in [2.45, 2.75) is 19.2 Å². The Kier molecular flexibility index (Phi) is 7.35. The third kappa shape index (κ3) is 6.28. The van der Waals surface area contributed by atoms with Crippen molar-refractivity contribution in [3.63, 3.8) is 0 Å². The lowest BCUT2D eigenvalue weighted by molar-refractivity contribution is -0.137. The minimum atomic E-state index is -4.43. The maximum Gasteiger partial charge on any atom is 0.416 e. The van der Waals surface area contributed by atoms with E-state index in [1.54, 1.807) is 24.3 Å². The highest BCUT2D eigenvalue weighted by atomic mass is 19.4. The fraction of sp³-hybridized carbons (Fsp3) is 0.192. The lowest BCUT2D eigenvalue weighted by atomic mass is 10.1. The van der Waals surface area contributed by atoms with Crippen LogP contribution in [0.15, 0.2) is 77.2 Å². The Balaban J connectivity index is 1.27. The van der Waals surface area contributed by atoms with Gasteiger partial charge in [0, 0.05) is 23.2 Å². The highest BCUT2D eigenvalue weighted by Crippen LogP contribution is 2.30. The number of aromatic nitrogens is 2. The molecule has 1 aromatic heterocycles. The number of amides is 1. The largest absolute Gasteiger partial charge is 0.491 e. The van der Waals surface area contributed by atoms with E-state index in [4.69, 9.17) is 9.15 Å². The first kappa shape index (κ1) is 24.9. The number of hydrogen-bond acceptors (Lipinski definition) is 6. The summed E-state index contributed by atoms with van der Waals surface area (Å²) >= 11 is 0. The molecule has 0 saturated heterocycles. The summed E-state index contributed by atoms with van der Waals surface area (Å²) in [5.41, 5.74) is 2.08. The molecule has 0 spiro atoms. The van der Waals surface area contributed by atoms with Crippen LogP contribution in [0.25, 0.3) is 22.9 Å². The van der Waals surface area contributed by atoms with Gasteiger partial charge < -0.3 is 19.6 Å². The molecule has 0 radical (unpaired) electrons. The standard InChI is InChI=1S/C26H22F3N3O4/c1-16-3-2-4-19(13-16)25-32-31-24(36-25)18-7-5-17(6-8-18)23(34)30-14-21(33)15-35-22-11-9-20(10-12-22)26(27,28)29/h2-13,21,33H,14-15H2,1H3,(H,30,34). The molecule has 2 N–H and O–H groups in total. The van der Waals surface area contributed by atoms with E-state index in [1.807, 2.05) is 31.2 Å². The second kappa shape index (κ2) is 10.6. The van der Waals surface area contributed by atoms with Crippen LogP contribution in [0, 0.1) is 6.92 Å². The Hall–Kier alpha value is -4.18. The van der Waals surface area contributed by atoms with Crippen LogP contribution in [-0.2, 0) is 6.18 Å². The number of nitrogens with one attached hydrogen (secondary N) is 1. The SMILES string of the molecule is Cc1cccc(-c2nnc(-c3ccc(C(=O)NCC(O)COc4ccc(C(F)(F)F)cc4)cc3)o2)c1. The van der Waals surface area contributed by atoms with Crippen molar-refractivity contribution in [2.24, 2.45) is 0 Å². The molecule has 4 rings (SSSR count). The van der Waals surface area contributed by atoms with Gasteiger partial charge in [-0.25, -0.2) is 0 Å². The Morgan fingerprint density at radius 2 is 1.67 bits per heavy atom. The number of benzene rings is 3. The number of aliphatic hydroxyl groups excluding tert-OH is 1. The first-order valence-electron chi connectivity index (χ1n) is 11.0. The molecule has 1 amide bonds. The Morgan fingerprint density at radius 3 is 2.31 bits per heavy atom. The summed E-state index contributed by atoms with van der Waals surface area (Å²) in [6, 6.07) is 18.3. The van der Waals surface area contributed by atoms with Gasteiger partial charge in [0.2, 0.25) is 11.8 Å². The number of carbonyl (C=O) groups excluding carboxylic acids is 1. The molecule has 0 bridgehead atoms. The molecule has 10 heteroatoms. The van der Waals surface area contributed by atoms with Gasteiger partial charge >= 0.3 is 6.18 Å². The number of hydrogen-bond donors (Lipinski definition) is 2. The van der Waals surface area contributed by atoms with Crippen LogP contribution in [0.3, 0.4) is 0 Å². The number of carbonyl (C=O) groups is 1. The summed E-state index contributed by atoms with van der Waals surface area (Å²) in [6.07, 6.45) is -5.50. The molecular weight excluding hydrogens is 475 g/mol. The molecule has 1 unspecified atom stereocenters. The van der Waals surface area contributed by atoms with Crippen molar-refractivity contribution >= 4 is 5.91 Å². The van der Waals surface area contributed by atoms with Gasteiger partial charge in [-0.2, -0.15) is 13.2 Å². The van der Waals surface area contributed by atoms with Gasteiger partial charge in [0.25, 0.3) is 5.91 Å². The second-order valence-corrected chi connectivity index (χ2v) is 8.06. The van der Waals surface area contributed by atoms with E-state index >= 15 is 0 Å². The summed E-state index contributed by atoms with van der Waals surface area (Å²) in [7, 11) is 0. The predicted octanol–water partition coefficient (Wildman–Crippen LogP) is 4.90. The first-order valence-corrected chi connectivity index (χ1v) is 11.0. The van der Waals surface area contributed by atoms with E-state index in [2.05, 4.69) is 15.5 Å². The minimum absolute atomic E-state index is 0.106. The zero-order chi connectivity index (χ0) is 25.7. The van der Waals surface area contributed by atoms with Crippen molar-refractivity contribution in [3.05, 3.63) is 89.5 Å². The van der Waals surface area contributed by atoms with E-state index in [9.17, 15) is 23.1 Å². The lowest BCUT2D eigenvalue weighted by Gasteiger charge is -2.14. The van der Waals surface area contributed by atoms with Crippen LogP contribution in [0.1, 0.15) is 21.5 Å². The molecule has 186 valence electrons. The number of nitrogens with zero attached hydrogens (tertiary/aromatic N) is 2. The second-order valence-electron chi connectivity index (χ2n) is 8.06. The monoisotopic (exact) mass is 497 g/mol. The van der Waals surface area contributed by atoms with Crippen molar-refractivity contribution in [1.82, 2.24) is 15.5 Å². The van der Waals surface area contributed by atoms with Crippen molar-refractivity contribution < 1.29 is 32.2 Å². The van der Waals surface area contributed by atoms with Crippen molar-refractivity contribution in [3.8, 4) is 28.7 Å². The van der Waals surface area contributed by atoms with Gasteiger partial charge in [0.1, 0.15) is 18.5 Å². The zero-order valence-electron chi connectivity index (χ0n) is 19.1. The van der Waals surface area contributed by atoms with Gasteiger partial charge in [0.15, 0.2) is 0 Å². The smallest absolute Gasteiger partial charge is 0.416 e. The molecule has 36 heavy (non-hydrogen) atoms. The van der Waals surface area contributed by atoms with E-state index < -0.39 is 23.8 Å². The Bertz CT molecular complexity index is 1320. The maximum atomic E-state index is 12.6. The number of halogens is 3. The summed E-state index contributed by atoms with van der Waals surface area (Å²) < 4.78 is 48.8. The van der Waals surface area contributed by atoms with E-state index in [1.165, 1.54) is 12.1 Å². The third-order valence-electron chi connectivity index (χ3n) is 5.21. The van der Waals surface area contributed by atoms with Crippen molar-refractivity contribution in [1.29, 1.82) is 0 Å². The van der Waals surface area contributed by atoms with E-state index in [-0.39, 0.29) is 18.9 Å². The van der Waals surface area contributed by atoms with Crippen LogP contribution in [0.4, 0.5) is 13.2 Å². The minimum Gasteiger partial charge on any atom is -0.491 e. The summed E-state index contributed by atoms with van der Waals surface area (Å²) in [6.45, 7) is 1.66. The Morgan fingerprint density at radius 1 is 1.00 bits per heavy atom. The molecule has 0 aliphatic rings. The molecular formula is C26H22F3N3O4. The highest BCUT2D eigenvalue weighted by molar-refractivity contribution is 5.94. The van der Waals surface area contributed by atoms with Crippen LogP contribution in [-0.4, -0.2) is 40.5 Å². The quantitative estimate of drug-likeness (QED) is 0.359. The van der Waals surface area contributed by atoms with Crippen LogP contribution in [0.2, 0.25) is 0 Å². The molecule has 7 nitrogen and oxygen atoms in total. The van der Waals surface area contributed by atoms with Gasteiger partial charge in [-0.15, -0.1) is 10.2 Å². The average molecular weight is 497 g/mol. The van der Waals surface area contributed by atoms with Crippen LogP contribution < -0.4 is 10.1 Å². The fourth-order valence-corrected chi connectivity index (χ4v) is 3.30. The number of aryl methyl sites for hydroxylation is 1. The number of rotatable bonds is 8. The third-order valence-corrected chi connectivity index (χ3v) is 5.21. The molecule has 0 fully saturated rings. The topological polar surface area (TPSA) is 97.5 Å². The average Bonchev–Trinajstić information content (AvgIpc) is 3.36. The summed E-state index contributed by atoms with van der Waals surface area (Å²) in [5, 5.41) is 20.8. The van der Waals surface area contributed by atoms with Gasteiger partial charge in [-0.3, -0.25) is 4.79 Å². The Labute approximate surface area is 204 Å². The van der Waals surface area contributed by atoms with E-state index in [0.29, 0.717) is 22.9 Å². The molecule has 0 aliphatic carbocycles. The van der Waals surface area contributed by atoms with Gasteiger partial charge in [0.05, 0.1) is 5.56 Å². The molecule has 1 atom stereocenters. The lowest BCUT2D eigenvalue weighted by Crippen LogP contribution is -2.35. The predicted molar refractivity (Wildman–Crippen MR) is 125 cm³/mol. The number of ether oxygens (including phenoxy) is 1. The highest BCUT2D eigenvalue weighted by Gasteiger charge is 2.30. The van der Waals surface area contributed by atoms with E-state index in [0.717, 1.165) is 23.3 Å². The summed E-state index contributed by atoms with van der Waals surface area (Å²) in [5.74, 6) is 0.467. The molecule has 1 heterocycles. The summed E-state index contributed by atoms with van der Waals surface area (Å²) in [4.78, 5) is 12.4. The molecule has 0 aliphatic heterocycles.